The van der Waals surface area contributed by atoms with Gasteiger partial charge in [0.1, 0.15) is 24.2 Å². The fourth-order valence-electron chi connectivity index (χ4n) is 3.47. The lowest BCUT2D eigenvalue weighted by atomic mass is 9.98. The standard InChI is InChI=1S/C21H19N7O/c29-21(19-9-14(6-7-24-19)16-10-22-12-23-11-16)26-17-3-1-2-15(8-17)20-27-25-13-28(20)18-4-5-18/h1,3,6-13,15,18H,2,4-5H2,(H,26,29). The minimum atomic E-state index is -0.260. The van der Waals surface area contributed by atoms with E-state index >= 15 is 0 Å². The van der Waals surface area contributed by atoms with Crippen molar-refractivity contribution in [1.29, 1.82) is 0 Å². The molecule has 29 heavy (non-hydrogen) atoms. The van der Waals surface area contributed by atoms with Crippen molar-refractivity contribution in [2.45, 2.75) is 31.2 Å². The van der Waals surface area contributed by atoms with Crippen molar-refractivity contribution in [2.75, 3.05) is 0 Å². The Balaban J connectivity index is 1.34. The first kappa shape index (κ1) is 17.4. The minimum Gasteiger partial charge on any atom is -0.321 e. The summed E-state index contributed by atoms with van der Waals surface area (Å²) in [5, 5.41) is 11.4. The van der Waals surface area contributed by atoms with Crippen molar-refractivity contribution < 1.29 is 4.79 Å². The van der Waals surface area contributed by atoms with Gasteiger partial charge in [0.2, 0.25) is 0 Å². The van der Waals surface area contributed by atoms with Gasteiger partial charge in [-0.3, -0.25) is 9.78 Å². The number of rotatable bonds is 5. The number of aromatic nitrogens is 6. The second-order valence-corrected chi connectivity index (χ2v) is 7.21. The Labute approximate surface area is 167 Å². The number of allylic oxidation sites excluding steroid dienone is 3. The second-order valence-electron chi connectivity index (χ2n) is 7.21. The first-order chi connectivity index (χ1) is 14.3. The number of nitrogens with one attached hydrogen (secondary N) is 1. The summed E-state index contributed by atoms with van der Waals surface area (Å²) in [5.74, 6) is 0.788. The van der Waals surface area contributed by atoms with Crippen LogP contribution >= 0.6 is 0 Å². The first-order valence-electron chi connectivity index (χ1n) is 9.58. The molecule has 1 fully saturated rings. The monoisotopic (exact) mass is 385 g/mol. The molecule has 3 aromatic heterocycles. The van der Waals surface area contributed by atoms with E-state index < -0.39 is 0 Å². The van der Waals surface area contributed by atoms with Crippen molar-refractivity contribution in [3.8, 4) is 11.1 Å². The summed E-state index contributed by atoms with van der Waals surface area (Å²) >= 11 is 0. The number of carbonyl (C=O) groups excluding carboxylic acids is 1. The lowest BCUT2D eigenvalue weighted by Gasteiger charge is -2.17. The lowest BCUT2D eigenvalue weighted by Crippen LogP contribution is -2.24. The van der Waals surface area contributed by atoms with Gasteiger partial charge < -0.3 is 9.88 Å². The van der Waals surface area contributed by atoms with Crippen molar-refractivity contribution >= 4 is 5.91 Å². The van der Waals surface area contributed by atoms with E-state index in [0.717, 1.165) is 29.1 Å². The maximum absolute atomic E-state index is 12.8. The van der Waals surface area contributed by atoms with E-state index in [9.17, 15) is 4.79 Å². The number of hydrogen-bond donors (Lipinski definition) is 1. The molecule has 0 spiro atoms. The predicted molar refractivity (Wildman–Crippen MR) is 106 cm³/mol. The molecule has 1 atom stereocenters. The van der Waals surface area contributed by atoms with Crippen LogP contribution < -0.4 is 5.32 Å². The Hall–Kier alpha value is -3.68. The highest BCUT2D eigenvalue weighted by molar-refractivity contribution is 5.94. The van der Waals surface area contributed by atoms with Crippen molar-refractivity contribution in [3.05, 3.63) is 78.8 Å². The first-order valence-corrected chi connectivity index (χ1v) is 9.58. The fourth-order valence-corrected chi connectivity index (χ4v) is 3.47. The maximum atomic E-state index is 12.8. The van der Waals surface area contributed by atoms with Crippen LogP contribution in [0.4, 0.5) is 0 Å². The molecule has 0 radical (unpaired) electrons. The van der Waals surface area contributed by atoms with Gasteiger partial charge in [-0.1, -0.05) is 6.08 Å². The zero-order valence-electron chi connectivity index (χ0n) is 15.6. The number of nitrogens with zero attached hydrogens (tertiary/aromatic N) is 6. The van der Waals surface area contributed by atoms with Crippen LogP contribution in [0.5, 0.6) is 0 Å². The third kappa shape index (κ3) is 3.69. The van der Waals surface area contributed by atoms with Crippen LogP contribution in [0, 0.1) is 0 Å². The smallest absolute Gasteiger partial charge is 0.274 e. The van der Waals surface area contributed by atoms with E-state index in [1.807, 2.05) is 18.2 Å². The quantitative estimate of drug-likeness (QED) is 0.725. The lowest BCUT2D eigenvalue weighted by molar-refractivity contribution is 0.0962. The predicted octanol–water partition coefficient (Wildman–Crippen LogP) is 2.82. The molecule has 2 aliphatic rings. The highest BCUT2D eigenvalue weighted by atomic mass is 16.1. The van der Waals surface area contributed by atoms with E-state index in [2.05, 4.69) is 41.1 Å². The van der Waals surface area contributed by atoms with Crippen molar-refractivity contribution in [1.82, 2.24) is 35.0 Å². The average Bonchev–Trinajstić information content (AvgIpc) is 3.50. The third-order valence-electron chi connectivity index (χ3n) is 5.09. The largest absolute Gasteiger partial charge is 0.321 e. The topological polar surface area (TPSA) is 98.5 Å². The normalized spacial score (nSPS) is 18.3. The molecule has 0 aliphatic heterocycles. The molecule has 0 saturated heterocycles. The van der Waals surface area contributed by atoms with Gasteiger partial charge in [-0.25, -0.2) is 9.97 Å². The van der Waals surface area contributed by atoms with E-state index in [1.54, 1.807) is 31.0 Å². The summed E-state index contributed by atoms with van der Waals surface area (Å²) in [4.78, 5) is 25.0. The number of carbonyl (C=O) groups is 1. The molecule has 0 bridgehead atoms. The summed E-state index contributed by atoms with van der Waals surface area (Å²) in [5.41, 5.74) is 2.75. The second kappa shape index (κ2) is 7.38. The number of hydrogen-bond acceptors (Lipinski definition) is 6. The molecule has 1 amide bonds. The SMILES string of the molecule is O=C(NC1=CC(c2nncn2C2CC2)CC=C1)c1cc(-c2cncnc2)ccn1. The molecule has 0 aromatic carbocycles. The summed E-state index contributed by atoms with van der Waals surface area (Å²) in [6.45, 7) is 0. The van der Waals surface area contributed by atoms with Crippen LogP contribution in [0.2, 0.25) is 0 Å². The summed E-state index contributed by atoms with van der Waals surface area (Å²) in [6.07, 6.45) is 17.5. The van der Waals surface area contributed by atoms with Gasteiger partial charge in [0.25, 0.3) is 5.91 Å². The van der Waals surface area contributed by atoms with Crippen LogP contribution in [0.25, 0.3) is 11.1 Å². The Bertz CT molecular complexity index is 1100. The Morgan fingerprint density at radius 3 is 2.86 bits per heavy atom. The third-order valence-corrected chi connectivity index (χ3v) is 5.09. The highest BCUT2D eigenvalue weighted by Gasteiger charge is 2.29. The van der Waals surface area contributed by atoms with E-state index in [0.29, 0.717) is 11.7 Å². The van der Waals surface area contributed by atoms with Gasteiger partial charge in [0.05, 0.1) is 0 Å². The number of pyridine rings is 1. The highest BCUT2D eigenvalue weighted by Crippen LogP contribution is 2.38. The molecule has 1 unspecified atom stereocenters. The summed E-state index contributed by atoms with van der Waals surface area (Å²) in [7, 11) is 0. The van der Waals surface area contributed by atoms with Crippen molar-refractivity contribution in [3.63, 3.8) is 0 Å². The molecular formula is C21H19N7O. The molecular weight excluding hydrogens is 366 g/mol. The van der Waals surface area contributed by atoms with Crippen LogP contribution in [-0.2, 0) is 0 Å². The molecule has 1 saturated carbocycles. The molecule has 3 heterocycles. The van der Waals surface area contributed by atoms with Gasteiger partial charge in [-0.05, 0) is 49.1 Å². The number of amides is 1. The molecule has 5 rings (SSSR count). The average molecular weight is 385 g/mol. The Kier molecular flexibility index (Phi) is 4.44. The molecule has 144 valence electrons. The summed E-state index contributed by atoms with van der Waals surface area (Å²) in [6, 6.07) is 4.09. The zero-order valence-corrected chi connectivity index (χ0v) is 15.6. The fraction of sp³-hybridized carbons (Fsp3) is 0.238. The Morgan fingerprint density at radius 1 is 1.17 bits per heavy atom. The zero-order chi connectivity index (χ0) is 19.6. The van der Waals surface area contributed by atoms with Gasteiger partial charge in [0.15, 0.2) is 0 Å². The van der Waals surface area contributed by atoms with E-state index in [-0.39, 0.29) is 11.8 Å². The summed E-state index contributed by atoms with van der Waals surface area (Å²) < 4.78 is 2.16. The van der Waals surface area contributed by atoms with Crippen LogP contribution in [0.3, 0.4) is 0 Å². The van der Waals surface area contributed by atoms with Crippen LogP contribution in [-0.4, -0.2) is 35.6 Å². The van der Waals surface area contributed by atoms with Gasteiger partial charge in [-0.15, -0.1) is 10.2 Å². The molecule has 2 aliphatic carbocycles. The van der Waals surface area contributed by atoms with E-state index in [1.165, 1.54) is 19.2 Å². The Morgan fingerprint density at radius 2 is 2.03 bits per heavy atom. The van der Waals surface area contributed by atoms with Gasteiger partial charge >= 0.3 is 0 Å². The molecule has 1 N–H and O–H groups in total. The maximum Gasteiger partial charge on any atom is 0.274 e. The van der Waals surface area contributed by atoms with Crippen LogP contribution in [0.15, 0.2) is 67.3 Å². The molecule has 8 nitrogen and oxygen atoms in total. The molecule has 8 heteroatoms. The van der Waals surface area contributed by atoms with Gasteiger partial charge in [-0.2, -0.15) is 0 Å². The molecule has 3 aromatic rings. The van der Waals surface area contributed by atoms with E-state index in [4.69, 9.17) is 0 Å². The van der Waals surface area contributed by atoms with Crippen molar-refractivity contribution in [2.24, 2.45) is 0 Å². The van der Waals surface area contributed by atoms with Crippen LogP contribution in [0.1, 0.15) is 47.5 Å². The minimum absolute atomic E-state index is 0.0964. The van der Waals surface area contributed by atoms with Gasteiger partial charge in [0, 0.05) is 41.8 Å².